The first kappa shape index (κ1) is 19.6. The van der Waals surface area contributed by atoms with Gasteiger partial charge in [-0.05, 0) is 59.7 Å². The first-order valence-corrected chi connectivity index (χ1v) is 9.29. The molecule has 0 spiro atoms. The van der Waals surface area contributed by atoms with E-state index in [0.717, 1.165) is 22.2 Å². The summed E-state index contributed by atoms with van der Waals surface area (Å²) in [5.74, 6) is -1.22. The maximum Gasteiger partial charge on any atom is 0.294 e. The Bertz CT molecular complexity index is 926. The molecule has 1 fully saturated rings. The van der Waals surface area contributed by atoms with E-state index in [-0.39, 0.29) is 17.2 Å². The van der Waals surface area contributed by atoms with Gasteiger partial charge in [0.25, 0.3) is 11.1 Å². The third-order valence-electron chi connectivity index (χ3n) is 4.02. The van der Waals surface area contributed by atoms with Crippen molar-refractivity contribution in [2.45, 2.75) is 6.42 Å². The second-order valence-corrected chi connectivity index (χ2v) is 7.08. The minimum atomic E-state index is -0.548. The number of nitrogens with zero attached hydrogens (tertiary/aromatic N) is 1. The average Bonchev–Trinajstić information content (AvgIpc) is 2.92. The van der Waals surface area contributed by atoms with Gasteiger partial charge in [-0.15, -0.1) is 0 Å². The Balaban J connectivity index is 1.54. The van der Waals surface area contributed by atoms with E-state index >= 15 is 0 Å². The number of carbonyl (C=O) groups is 3. The summed E-state index contributed by atoms with van der Waals surface area (Å²) in [5.41, 5.74) is 1.52. The lowest BCUT2D eigenvalue weighted by atomic mass is 10.1. The van der Waals surface area contributed by atoms with Crippen molar-refractivity contribution in [1.29, 1.82) is 0 Å². The van der Waals surface area contributed by atoms with Crippen molar-refractivity contribution in [1.82, 2.24) is 10.2 Å². The summed E-state index contributed by atoms with van der Waals surface area (Å²) in [6.07, 6.45) is 2.05. The number of benzene rings is 2. The molecular formula is C20H17FN2O4S. The zero-order valence-electron chi connectivity index (χ0n) is 14.7. The Labute approximate surface area is 165 Å². The standard InChI is InChI=1S/C20H17FN2O4S/c21-15-5-1-14(2-6-15)11-17-19(26)23(20(27)28-17)12-18(25)22-10-9-13-3-7-16(24)8-4-13/h1-8,11,24H,9-10,12H2,(H,22,25)/b17-11-. The van der Waals surface area contributed by atoms with Crippen LogP contribution in [0.3, 0.4) is 0 Å². The molecule has 3 amide bonds. The fourth-order valence-corrected chi connectivity index (χ4v) is 3.39. The van der Waals surface area contributed by atoms with Gasteiger partial charge in [0.1, 0.15) is 18.1 Å². The minimum Gasteiger partial charge on any atom is -0.508 e. The van der Waals surface area contributed by atoms with Crippen molar-refractivity contribution >= 4 is 34.9 Å². The number of nitrogens with one attached hydrogen (secondary N) is 1. The largest absolute Gasteiger partial charge is 0.508 e. The Morgan fingerprint density at radius 1 is 1.11 bits per heavy atom. The lowest BCUT2D eigenvalue weighted by Crippen LogP contribution is -2.40. The molecule has 144 valence electrons. The molecule has 0 bridgehead atoms. The molecule has 0 atom stereocenters. The molecule has 1 heterocycles. The van der Waals surface area contributed by atoms with E-state index < -0.39 is 22.9 Å². The van der Waals surface area contributed by atoms with E-state index in [2.05, 4.69) is 5.32 Å². The van der Waals surface area contributed by atoms with Crippen molar-refractivity contribution < 1.29 is 23.9 Å². The summed E-state index contributed by atoms with van der Waals surface area (Å²) in [7, 11) is 0. The summed E-state index contributed by atoms with van der Waals surface area (Å²) in [6, 6.07) is 12.1. The highest BCUT2D eigenvalue weighted by atomic mass is 32.2. The number of imide groups is 1. The monoisotopic (exact) mass is 400 g/mol. The molecule has 0 aliphatic carbocycles. The van der Waals surface area contributed by atoms with Crippen molar-refractivity contribution in [2.24, 2.45) is 0 Å². The molecule has 1 aliphatic rings. The van der Waals surface area contributed by atoms with Gasteiger partial charge in [-0.1, -0.05) is 24.3 Å². The van der Waals surface area contributed by atoms with E-state index in [0.29, 0.717) is 18.5 Å². The molecule has 2 aromatic rings. The Morgan fingerprint density at radius 2 is 1.79 bits per heavy atom. The Hall–Kier alpha value is -3.13. The lowest BCUT2D eigenvalue weighted by molar-refractivity contribution is -0.129. The molecule has 2 aromatic carbocycles. The quantitative estimate of drug-likeness (QED) is 0.728. The molecule has 28 heavy (non-hydrogen) atoms. The molecule has 0 saturated carbocycles. The number of halogens is 1. The highest BCUT2D eigenvalue weighted by Gasteiger charge is 2.36. The molecule has 0 aromatic heterocycles. The van der Waals surface area contributed by atoms with Crippen LogP contribution in [0.15, 0.2) is 53.4 Å². The molecule has 2 N–H and O–H groups in total. The zero-order valence-corrected chi connectivity index (χ0v) is 15.5. The van der Waals surface area contributed by atoms with Gasteiger partial charge in [-0.25, -0.2) is 4.39 Å². The van der Waals surface area contributed by atoms with Crippen molar-refractivity contribution in [3.63, 3.8) is 0 Å². The Morgan fingerprint density at radius 3 is 2.46 bits per heavy atom. The first-order valence-electron chi connectivity index (χ1n) is 8.48. The highest BCUT2D eigenvalue weighted by molar-refractivity contribution is 8.18. The number of amides is 3. The van der Waals surface area contributed by atoms with Gasteiger partial charge in [0.2, 0.25) is 5.91 Å². The van der Waals surface area contributed by atoms with E-state index in [4.69, 9.17) is 0 Å². The molecular weight excluding hydrogens is 383 g/mol. The average molecular weight is 400 g/mol. The van der Waals surface area contributed by atoms with Crippen LogP contribution in [0, 0.1) is 5.82 Å². The summed E-state index contributed by atoms with van der Waals surface area (Å²) in [5, 5.41) is 11.4. The smallest absolute Gasteiger partial charge is 0.294 e. The van der Waals surface area contributed by atoms with Gasteiger partial charge >= 0.3 is 0 Å². The third-order valence-corrected chi connectivity index (χ3v) is 4.92. The molecule has 6 nitrogen and oxygen atoms in total. The molecule has 3 rings (SSSR count). The van der Waals surface area contributed by atoms with Crippen LogP contribution in [0.25, 0.3) is 6.08 Å². The summed E-state index contributed by atoms with van der Waals surface area (Å²) in [6.45, 7) is -0.0216. The minimum absolute atomic E-state index is 0.167. The van der Waals surface area contributed by atoms with Crippen molar-refractivity contribution in [2.75, 3.05) is 13.1 Å². The van der Waals surface area contributed by atoms with E-state index in [1.54, 1.807) is 24.3 Å². The second kappa shape index (κ2) is 8.71. The lowest BCUT2D eigenvalue weighted by Gasteiger charge is -2.12. The number of aromatic hydroxyl groups is 1. The van der Waals surface area contributed by atoms with Gasteiger partial charge in [-0.2, -0.15) is 0 Å². The number of carbonyl (C=O) groups excluding carboxylic acids is 3. The normalized spacial score (nSPS) is 15.3. The maximum absolute atomic E-state index is 13.0. The van der Waals surface area contributed by atoms with Gasteiger partial charge in [0, 0.05) is 6.54 Å². The fraction of sp³-hybridized carbons (Fsp3) is 0.150. The second-order valence-electron chi connectivity index (χ2n) is 6.09. The number of phenols is 1. The molecule has 1 saturated heterocycles. The fourth-order valence-electron chi connectivity index (χ4n) is 2.56. The van der Waals surface area contributed by atoms with Crippen LogP contribution in [-0.2, 0) is 16.0 Å². The zero-order chi connectivity index (χ0) is 20.1. The number of hydrogen-bond acceptors (Lipinski definition) is 5. The number of phenolic OH excluding ortho intramolecular Hbond substituents is 1. The van der Waals surface area contributed by atoms with Gasteiger partial charge in [0.05, 0.1) is 4.91 Å². The van der Waals surface area contributed by atoms with Crippen molar-refractivity contribution in [3.8, 4) is 5.75 Å². The van der Waals surface area contributed by atoms with Crippen LogP contribution >= 0.6 is 11.8 Å². The Kier molecular flexibility index (Phi) is 6.10. The predicted molar refractivity (Wildman–Crippen MR) is 104 cm³/mol. The van der Waals surface area contributed by atoms with Crippen LogP contribution in [-0.4, -0.2) is 40.1 Å². The maximum atomic E-state index is 13.0. The first-order chi connectivity index (χ1) is 13.4. The number of rotatable bonds is 6. The highest BCUT2D eigenvalue weighted by Crippen LogP contribution is 2.31. The van der Waals surface area contributed by atoms with Gasteiger partial charge < -0.3 is 10.4 Å². The van der Waals surface area contributed by atoms with Crippen LogP contribution in [0.1, 0.15) is 11.1 Å². The summed E-state index contributed by atoms with van der Waals surface area (Å²) < 4.78 is 13.0. The van der Waals surface area contributed by atoms with Crippen LogP contribution in [0.2, 0.25) is 0 Å². The molecule has 8 heteroatoms. The predicted octanol–water partition coefficient (Wildman–Crippen LogP) is 2.93. The summed E-state index contributed by atoms with van der Waals surface area (Å²) in [4.78, 5) is 37.6. The van der Waals surface area contributed by atoms with Crippen LogP contribution in [0.4, 0.5) is 9.18 Å². The van der Waals surface area contributed by atoms with E-state index in [1.807, 2.05) is 0 Å². The summed E-state index contributed by atoms with van der Waals surface area (Å²) >= 11 is 0.746. The van der Waals surface area contributed by atoms with Crippen LogP contribution in [0.5, 0.6) is 5.75 Å². The topological polar surface area (TPSA) is 86.7 Å². The molecule has 0 unspecified atom stereocenters. The molecule has 0 radical (unpaired) electrons. The van der Waals surface area contributed by atoms with E-state index in [9.17, 15) is 23.9 Å². The van der Waals surface area contributed by atoms with Gasteiger partial charge in [-0.3, -0.25) is 19.3 Å². The third kappa shape index (κ3) is 4.98. The number of thioether (sulfide) groups is 1. The SMILES string of the molecule is O=C(CN1C(=O)S/C(=C\c2ccc(F)cc2)C1=O)NCCc1ccc(O)cc1. The van der Waals surface area contributed by atoms with Gasteiger partial charge in [0.15, 0.2) is 0 Å². The van der Waals surface area contributed by atoms with E-state index in [1.165, 1.54) is 30.3 Å². The molecule has 1 aliphatic heterocycles. The van der Waals surface area contributed by atoms with Crippen molar-refractivity contribution in [3.05, 3.63) is 70.4 Å². The number of hydrogen-bond donors (Lipinski definition) is 2. The van der Waals surface area contributed by atoms with Crippen LogP contribution < -0.4 is 5.32 Å².